The Bertz CT molecular complexity index is 1400. The topological polar surface area (TPSA) is 77.2 Å². The number of hydrogen-bond donors (Lipinski definition) is 0. The average molecular weight is 439 g/mol. The third-order valence-electron chi connectivity index (χ3n) is 5.56. The maximum atomic E-state index is 13.5. The smallest absolute Gasteiger partial charge is 0.325 e. The van der Waals surface area contributed by atoms with E-state index in [-0.39, 0.29) is 23.3 Å². The molecule has 4 aromatic heterocycles. The van der Waals surface area contributed by atoms with Crippen molar-refractivity contribution in [2.24, 2.45) is 14.1 Å². The Balaban J connectivity index is 1.63. The van der Waals surface area contributed by atoms with Crippen LogP contribution >= 0.6 is 22.7 Å². The number of fused-ring (bicyclic) bond motifs is 2. The molecule has 0 fully saturated rings. The molecule has 30 heavy (non-hydrogen) atoms. The summed E-state index contributed by atoms with van der Waals surface area (Å²) in [5.41, 5.74) is 0.712. The zero-order chi connectivity index (χ0) is 21.0. The number of carbonyl (C=O) groups excluding carboxylic acids is 1. The molecule has 1 aliphatic heterocycles. The van der Waals surface area contributed by atoms with Crippen molar-refractivity contribution in [2.75, 3.05) is 6.54 Å². The van der Waals surface area contributed by atoms with Gasteiger partial charge in [-0.1, -0.05) is 6.07 Å². The molecule has 0 spiro atoms. The van der Waals surface area contributed by atoms with Crippen molar-refractivity contribution in [3.8, 4) is 0 Å². The molecule has 0 aliphatic carbocycles. The van der Waals surface area contributed by atoms with Gasteiger partial charge in [0.05, 0.1) is 11.4 Å². The zero-order valence-corrected chi connectivity index (χ0v) is 18.0. The van der Waals surface area contributed by atoms with Crippen molar-refractivity contribution in [1.29, 1.82) is 0 Å². The van der Waals surface area contributed by atoms with Crippen LogP contribution in [0.4, 0.5) is 0 Å². The summed E-state index contributed by atoms with van der Waals surface area (Å²) in [6.07, 6.45) is 0.799. The largest absolute Gasteiger partial charge is 0.332 e. The van der Waals surface area contributed by atoms with Gasteiger partial charge in [-0.3, -0.25) is 18.7 Å². The SMILES string of the molecule is Cn1c(=O)c2ccc(C(=O)N3CCc4sccc4C3c3cccs3)nc2n(C)c1=O. The van der Waals surface area contributed by atoms with Crippen molar-refractivity contribution in [2.45, 2.75) is 12.5 Å². The minimum absolute atomic E-state index is 0.155. The normalized spacial score (nSPS) is 16.1. The van der Waals surface area contributed by atoms with E-state index in [1.165, 1.54) is 16.5 Å². The molecule has 152 valence electrons. The fraction of sp³-hybridized carbons (Fsp3) is 0.238. The van der Waals surface area contributed by atoms with Gasteiger partial charge in [0, 0.05) is 30.4 Å². The summed E-state index contributed by atoms with van der Waals surface area (Å²) in [6, 6.07) is 9.12. The van der Waals surface area contributed by atoms with E-state index in [0.717, 1.165) is 21.4 Å². The van der Waals surface area contributed by atoms with Gasteiger partial charge < -0.3 is 4.90 Å². The molecule has 0 aromatic carbocycles. The number of thiophene rings is 2. The Morgan fingerprint density at radius 1 is 1.07 bits per heavy atom. The van der Waals surface area contributed by atoms with Crippen LogP contribution in [0.3, 0.4) is 0 Å². The van der Waals surface area contributed by atoms with Gasteiger partial charge in [-0.05, 0) is 47.0 Å². The van der Waals surface area contributed by atoms with E-state index in [1.807, 2.05) is 22.4 Å². The van der Waals surface area contributed by atoms with Gasteiger partial charge >= 0.3 is 5.69 Å². The third kappa shape index (κ3) is 2.77. The molecular weight excluding hydrogens is 420 g/mol. The maximum absolute atomic E-state index is 13.5. The second-order valence-corrected chi connectivity index (χ2v) is 9.22. The average Bonchev–Trinajstić information content (AvgIpc) is 3.46. The van der Waals surface area contributed by atoms with Gasteiger partial charge in [-0.25, -0.2) is 9.78 Å². The monoisotopic (exact) mass is 438 g/mol. The molecule has 0 N–H and O–H groups in total. The van der Waals surface area contributed by atoms with Crippen molar-refractivity contribution in [1.82, 2.24) is 19.0 Å². The number of hydrogen-bond acceptors (Lipinski definition) is 6. The van der Waals surface area contributed by atoms with Gasteiger partial charge in [0.25, 0.3) is 11.5 Å². The lowest BCUT2D eigenvalue weighted by molar-refractivity contribution is 0.0693. The van der Waals surface area contributed by atoms with Crippen LogP contribution in [0, 0.1) is 0 Å². The van der Waals surface area contributed by atoms with E-state index in [2.05, 4.69) is 16.4 Å². The van der Waals surface area contributed by atoms with Gasteiger partial charge in [0.2, 0.25) is 0 Å². The number of amides is 1. The molecule has 0 saturated carbocycles. The van der Waals surface area contributed by atoms with Crippen LogP contribution in [0.1, 0.15) is 31.8 Å². The molecule has 1 unspecified atom stereocenters. The fourth-order valence-electron chi connectivity index (χ4n) is 4.01. The van der Waals surface area contributed by atoms with E-state index in [0.29, 0.717) is 11.9 Å². The van der Waals surface area contributed by atoms with Gasteiger partial charge in [0.1, 0.15) is 11.3 Å². The minimum Gasteiger partial charge on any atom is -0.325 e. The molecule has 5 rings (SSSR count). The quantitative estimate of drug-likeness (QED) is 0.482. The highest BCUT2D eigenvalue weighted by molar-refractivity contribution is 7.10. The number of rotatable bonds is 2. The van der Waals surface area contributed by atoms with Crippen molar-refractivity contribution < 1.29 is 4.79 Å². The highest BCUT2D eigenvalue weighted by Crippen LogP contribution is 2.40. The molecule has 0 bridgehead atoms. The van der Waals surface area contributed by atoms with Crippen molar-refractivity contribution in [3.05, 3.63) is 82.9 Å². The van der Waals surface area contributed by atoms with Gasteiger partial charge in [0.15, 0.2) is 0 Å². The first kappa shape index (κ1) is 19.0. The van der Waals surface area contributed by atoms with Gasteiger partial charge in [-0.2, -0.15) is 0 Å². The van der Waals surface area contributed by atoms with Crippen LogP contribution in [0.5, 0.6) is 0 Å². The first-order chi connectivity index (χ1) is 14.5. The summed E-state index contributed by atoms with van der Waals surface area (Å²) in [5.74, 6) is -0.208. The Hall–Kier alpha value is -3.04. The highest BCUT2D eigenvalue weighted by atomic mass is 32.1. The Kier molecular flexibility index (Phi) is 4.44. The Morgan fingerprint density at radius 3 is 2.67 bits per heavy atom. The number of aryl methyl sites for hydroxylation is 1. The van der Waals surface area contributed by atoms with Crippen LogP contribution < -0.4 is 11.2 Å². The van der Waals surface area contributed by atoms with Crippen LogP contribution in [0.25, 0.3) is 11.0 Å². The van der Waals surface area contributed by atoms with Crippen molar-refractivity contribution >= 4 is 39.6 Å². The second kappa shape index (κ2) is 7.03. The van der Waals surface area contributed by atoms with Gasteiger partial charge in [-0.15, -0.1) is 22.7 Å². The molecule has 1 aliphatic rings. The minimum atomic E-state index is -0.470. The molecule has 1 amide bonds. The van der Waals surface area contributed by atoms with Crippen LogP contribution in [-0.4, -0.2) is 31.5 Å². The Morgan fingerprint density at radius 2 is 1.90 bits per heavy atom. The van der Waals surface area contributed by atoms with Crippen LogP contribution in [0.15, 0.2) is 50.7 Å². The molecular formula is C21H18N4O3S2. The first-order valence-corrected chi connectivity index (χ1v) is 11.2. The Labute approximate surface area is 179 Å². The summed E-state index contributed by atoms with van der Waals surface area (Å²) < 4.78 is 2.35. The highest BCUT2D eigenvalue weighted by Gasteiger charge is 2.34. The molecule has 9 heteroatoms. The van der Waals surface area contributed by atoms with Crippen LogP contribution in [-0.2, 0) is 20.5 Å². The lowest BCUT2D eigenvalue weighted by Crippen LogP contribution is -2.40. The van der Waals surface area contributed by atoms with E-state index in [1.54, 1.807) is 41.9 Å². The summed E-state index contributed by atoms with van der Waals surface area (Å²) in [6.45, 7) is 0.587. The summed E-state index contributed by atoms with van der Waals surface area (Å²) in [4.78, 5) is 46.9. The van der Waals surface area contributed by atoms with E-state index in [9.17, 15) is 14.4 Å². The first-order valence-electron chi connectivity index (χ1n) is 9.45. The molecule has 0 radical (unpaired) electrons. The summed E-state index contributed by atoms with van der Waals surface area (Å²) in [5, 5.41) is 4.39. The lowest BCUT2D eigenvalue weighted by atomic mass is 9.98. The molecule has 4 aromatic rings. The molecule has 7 nitrogen and oxygen atoms in total. The second-order valence-electron chi connectivity index (χ2n) is 7.24. The zero-order valence-electron chi connectivity index (χ0n) is 16.4. The number of nitrogens with zero attached hydrogens (tertiary/aromatic N) is 4. The molecule has 1 atom stereocenters. The standard InChI is InChI=1S/C21H18N4O3S2/c1-23-18-13(19(26)24(2)21(23)28)5-6-14(22-18)20(27)25-9-7-15-12(8-11-30-15)17(25)16-4-3-10-29-16/h3-6,8,10-11,17H,7,9H2,1-2H3. The number of pyridine rings is 1. The third-order valence-corrected chi connectivity index (χ3v) is 7.48. The fourth-order valence-corrected chi connectivity index (χ4v) is 5.77. The predicted octanol–water partition coefficient (Wildman–Crippen LogP) is 2.54. The van der Waals surface area contributed by atoms with E-state index >= 15 is 0 Å². The molecule has 0 saturated heterocycles. The number of aromatic nitrogens is 3. The number of carbonyl (C=O) groups is 1. The lowest BCUT2D eigenvalue weighted by Gasteiger charge is -2.35. The van der Waals surface area contributed by atoms with E-state index in [4.69, 9.17) is 0 Å². The molecule has 5 heterocycles. The van der Waals surface area contributed by atoms with Crippen LogP contribution in [0.2, 0.25) is 0 Å². The van der Waals surface area contributed by atoms with E-state index < -0.39 is 11.2 Å². The van der Waals surface area contributed by atoms with Crippen molar-refractivity contribution in [3.63, 3.8) is 0 Å². The maximum Gasteiger partial charge on any atom is 0.332 e. The summed E-state index contributed by atoms with van der Waals surface area (Å²) in [7, 11) is 2.99. The summed E-state index contributed by atoms with van der Waals surface area (Å²) >= 11 is 3.34. The predicted molar refractivity (Wildman–Crippen MR) is 117 cm³/mol.